The van der Waals surface area contributed by atoms with Crippen molar-refractivity contribution in [2.24, 2.45) is 5.73 Å². The second-order valence-electron chi connectivity index (χ2n) is 7.22. The van der Waals surface area contributed by atoms with E-state index in [1.54, 1.807) is 30.5 Å². The Hall–Kier alpha value is -2.82. The molecule has 31 heavy (non-hydrogen) atoms. The predicted octanol–water partition coefficient (Wildman–Crippen LogP) is 2.27. The van der Waals surface area contributed by atoms with Crippen LogP contribution in [-0.4, -0.2) is 41.1 Å². The maximum atomic E-state index is 14.9. The highest BCUT2D eigenvalue weighted by atomic mass is 35.5. The van der Waals surface area contributed by atoms with Gasteiger partial charge in [0.1, 0.15) is 11.5 Å². The molecule has 162 valence electrons. The number of nitrogens with zero attached hydrogens (tertiary/aromatic N) is 4. The van der Waals surface area contributed by atoms with Crippen molar-refractivity contribution in [2.75, 3.05) is 10.7 Å². The molecule has 3 aromatic rings. The average Bonchev–Trinajstić information content (AvgIpc) is 3.19. The minimum Gasteiger partial charge on any atom is -0.319 e. The van der Waals surface area contributed by atoms with Gasteiger partial charge in [-0.05, 0) is 36.2 Å². The summed E-state index contributed by atoms with van der Waals surface area (Å²) in [4.78, 5) is 14.0. The topological polar surface area (TPSA) is 111 Å². The molecule has 0 aliphatic carbocycles. The molecule has 0 saturated carbocycles. The van der Waals surface area contributed by atoms with Gasteiger partial charge in [0.25, 0.3) is 0 Å². The van der Waals surface area contributed by atoms with Gasteiger partial charge >= 0.3 is 0 Å². The summed E-state index contributed by atoms with van der Waals surface area (Å²) in [5.41, 5.74) is 7.26. The van der Waals surface area contributed by atoms with E-state index in [4.69, 9.17) is 17.3 Å². The Morgan fingerprint density at radius 1 is 1.23 bits per heavy atom. The lowest BCUT2D eigenvalue weighted by atomic mass is 10.1. The fourth-order valence-corrected chi connectivity index (χ4v) is 5.09. The molecule has 2 heterocycles. The van der Waals surface area contributed by atoms with E-state index < -0.39 is 33.4 Å². The Morgan fingerprint density at radius 2 is 1.94 bits per heavy atom. The molecular weight excluding hydrogens is 445 g/mol. The molecule has 8 nitrogen and oxygen atoms in total. The molecule has 0 fully saturated rings. The predicted molar refractivity (Wildman–Crippen MR) is 113 cm³/mol. The first-order chi connectivity index (χ1) is 14.7. The van der Waals surface area contributed by atoms with Crippen molar-refractivity contribution in [3.8, 4) is 5.69 Å². The monoisotopic (exact) mass is 463 g/mol. The molecule has 4 rings (SSSR count). The zero-order chi connectivity index (χ0) is 22.3. The molecule has 1 aliphatic heterocycles. The molecule has 0 unspecified atom stereocenters. The second-order valence-corrected chi connectivity index (χ2v) is 9.66. The molecule has 0 radical (unpaired) electrons. The summed E-state index contributed by atoms with van der Waals surface area (Å²) in [5, 5.41) is 8.38. The molecule has 0 bridgehead atoms. The van der Waals surface area contributed by atoms with Crippen LogP contribution in [0.1, 0.15) is 18.2 Å². The number of aryl methyl sites for hydroxylation is 1. The summed E-state index contributed by atoms with van der Waals surface area (Å²) in [5.74, 6) is -2.00. The van der Waals surface area contributed by atoms with Crippen LogP contribution in [0, 0.1) is 5.82 Å². The van der Waals surface area contributed by atoms with E-state index in [0.29, 0.717) is 22.7 Å². The van der Waals surface area contributed by atoms with Gasteiger partial charge < -0.3 is 10.6 Å². The van der Waals surface area contributed by atoms with E-state index in [-0.39, 0.29) is 22.8 Å². The Bertz CT molecular complexity index is 1260. The Balaban J connectivity index is 1.90. The van der Waals surface area contributed by atoms with Gasteiger partial charge in [0, 0.05) is 5.02 Å². The molecular formula is C20H19ClFN5O3S. The number of fused-ring (bicyclic) bond motifs is 1. The van der Waals surface area contributed by atoms with Crippen molar-refractivity contribution in [3.63, 3.8) is 0 Å². The van der Waals surface area contributed by atoms with Crippen LogP contribution in [-0.2, 0) is 27.6 Å². The van der Waals surface area contributed by atoms with Crippen molar-refractivity contribution >= 4 is 33.0 Å². The van der Waals surface area contributed by atoms with Crippen molar-refractivity contribution in [1.29, 1.82) is 0 Å². The SMILES string of the molecule is CCc1cn(-c2cc3c(cc2F)S(=O)(=O)C[C@H](N)C(=O)N3Cc2ccc(Cl)cc2)nn1. The van der Waals surface area contributed by atoms with E-state index in [0.717, 1.165) is 6.07 Å². The fourth-order valence-electron chi connectivity index (χ4n) is 3.40. The van der Waals surface area contributed by atoms with E-state index >= 15 is 0 Å². The third kappa shape index (κ3) is 4.06. The van der Waals surface area contributed by atoms with Crippen molar-refractivity contribution in [1.82, 2.24) is 15.0 Å². The van der Waals surface area contributed by atoms with E-state index in [9.17, 15) is 17.6 Å². The van der Waals surface area contributed by atoms with Crippen LogP contribution >= 0.6 is 11.6 Å². The number of hydrogen-bond donors (Lipinski definition) is 1. The smallest absolute Gasteiger partial charge is 0.245 e. The van der Waals surface area contributed by atoms with Crippen LogP contribution in [0.4, 0.5) is 10.1 Å². The van der Waals surface area contributed by atoms with Crippen LogP contribution in [0.5, 0.6) is 0 Å². The Labute approximate surface area is 183 Å². The van der Waals surface area contributed by atoms with Crippen LogP contribution in [0.15, 0.2) is 47.5 Å². The molecule has 1 aromatic heterocycles. The number of sulfone groups is 1. The minimum absolute atomic E-state index is 0.0227. The summed E-state index contributed by atoms with van der Waals surface area (Å²) in [6.07, 6.45) is 2.14. The molecule has 1 atom stereocenters. The van der Waals surface area contributed by atoms with Crippen molar-refractivity contribution in [2.45, 2.75) is 30.8 Å². The van der Waals surface area contributed by atoms with E-state index in [1.165, 1.54) is 15.6 Å². The summed E-state index contributed by atoms with van der Waals surface area (Å²) in [7, 11) is -4.01. The standard InChI is InChI=1S/C20H19ClFN5O3S/c1-2-14-10-27(25-24-14)17-8-18-19(7-15(17)22)31(29,30)11-16(23)20(28)26(18)9-12-3-5-13(21)6-4-12/h3-8,10,16H,2,9,11,23H2,1H3/t16-/m0/s1. The lowest BCUT2D eigenvalue weighted by Gasteiger charge is -2.25. The minimum atomic E-state index is -4.01. The highest BCUT2D eigenvalue weighted by molar-refractivity contribution is 7.91. The van der Waals surface area contributed by atoms with Gasteiger partial charge in [0.15, 0.2) is 9.84 Å². The van der Waals surface area contributed by atoms with Gasteiger partial charge in [-0.25, -0.2) is 17.5 Å². The molecule has 2 N–H and O–H groups in total. The van der Waals surface area contributed by atoms with Gasteiger partial charge in [0.05, 0.1) is 40.8 Å². The van der Waals surface area contributed by atoms with Crippen LogP contribution in [0.3, 0.4) is 0 Å². The summed E-state index contributed by atoms with van der Waals surface area (Å²) < 4.78 is 41.9. The number of hydrogen-bond acceptors (Lipinski definition) is 6. The third-order valence-electron chi connectivity index (χ3n) is 5.04. The van der Waals surface area contributed by atoms with Crippen molar-refractivity contribution < 1.29 is 17.6 Å². The number of amides is 1. The van der Waals surface area contributed by atoms with Gasteiger partial charge in [-0.1, -0.05) is 35.9 Å². The zero-order valence-electron chi connectivity index (χ0n) is 16.5. The van der Waals surface area contributed by atoms with Gasteiger partial charge in [-0.15, -0.1) is 5.10 Å². The van der Waals surface area contributed by atoms with Crippen LogP contribution in [0.25, 0.3) is 5.69 Å². The number of benzene rings is 2. The van der Waals surface area contributed by atoms with Gasteiger partial charge in [-0.3, -0.25) is 4.79 Å². The molecule has 2 aromatic carbocycles. The number of anilines is 1. The van der Waals surface area contributed by atoms with E-state index in [2.05, 4.69) is 10.3 Å². The number of carbonyl (C=O) groups is 1. The summed E-state index contributed by atoms with van der Waals surface area (Å²) >= 11 is 5.93. The van der Waals surface area contributed by atoms with Gasteiger partial charge in [-0.2, -0.15) is 0 Å². The largest absolute Gasteiger partial charge is 0.319 e. The lowest BCUT2D eigenvalue weighted by Crippen LogP contribution is -2.45. The van der Waals surface area contributed by atoms with E-state index in [1.807, 2.05) is 6.92 Å². The maximum Gasteiger partial charge on any atom is 0.245 e. The van der Waals surface area contributed by atoms with Crippen molar-refractivity contribution in [3.05, 3.63) is 64.7 Å². The highest BCUT2D eigenvalue weighted by Crippen LogP contribution is 2.35. The fraction of sp³-hybridized carbons (Fsp3) is 0.250. The number of rotatable bonds is 4. The maximum absolute atomic E-state index is 14.9. The van der Waals surface area contributed by atoms with Crippen LogP contribution < -0.4 is 10.6 Å². The summed E-state index contributed by atoms with van der Waals surface area (Å²) in [6.45, 7) is 1.91. The zero-order valence-corrected chi connectivity index (χ0v) is 18.1. The third-order valence-corrected chi connectivity index (χ3v) is 7.09. The number of carbonyl (C=O) groups excluding carboxylic acids is 1. The first-order valence-electron chi connectivity index (χ1n) is 9.49. The Morgan fingerprint density at radius 3 is 2.58 bits per heavy atom. The number of halogens is 2. The molecule has 0 spiro atoms. The molecule has 1 aliphatic rings. The quantitative estimate of drug-likeness (QED) is 0.635. The lowest BCUT2D eigenvalue weighted by molar-refractivity contribution is -0.119. The first-order valence-corrected chi connectivity index (χ1v) is 11.5. The molecule has 11 heteroatoms. The normalized spacial score (nSPS) is 18.0. The summed E-state index contributed by atoms with van der Waals surface area (Å²) in [6, 6.07) is 7.68. The molecule has 0 saturated heterocycles. The Kier molecular flexibility index (Phi) is 5.54. The highest BCUT2D eigenvalue weighted by Gasteiger charge is 2.37. The first kappa shape index (κ1) is 21.4. The van der Waals surface area contributed by atoms with Crippen LogP contribution in [0.2, 0.25) is 5.02 Å². The number of aromatic nitrogens is 3. The second kappa shape index (κ2) is 8.03. The van der Waals surface area contributed by atoms with Gasteiger partial charge in [0.2, 0.25) is 5.91 Å². The number of nitrogens with two attached hydrogens (primary N) is 1. The molecule has 1 amide bonds. The average molecular weight is 464 g/mol.